The van der Waals surface area contributed by atoms with Gasteiger partial charge < -0.3 is 4.90 Å². The first kappa shape index (κ1) is 14.5. The zero-order valence-electron chi connectivity index (χ0n) is 12.2. The first-order chi connectivity index (χ1) is 10.0. The lowest BCUT2D eigenvalue weighted by molar-refractivity contribution is -0.117. The Balaban J connectivity index is 1.84. The van der Waals surface area contributed by atoms with Gasteiger partial charge in [0.2, 0.25) is 15.9 Å². The molecule has 1 aliphatic carbocycles. The van der Waals surface area contributed by atoms with Crippen molar-refractivity contribution in [3.8, 4) is 0 Å². The number of carbonyl (C=O) groups excluding carboxylic acids is 1. The monoisotopic (exact) mass is 308 g/mol. The summed E-state index contributed by atoms with van der Waals surface area (Å²) in [5.74, 6) is 0.110. The SMILES string of the molecule is CCN(C1CC1)S(=O)(=O)c1ccc(N2CCCC2=O)cc1. The van der Waals surface area contributed by atoms with E-state index in [9.17, 15) is 13.2 Å². The molecule has 6 heteroatoms. The third-order valence-corrected chi connectivity index (χ3v) is 6.14. The van der Waals surface area contributed by atoms with Crippen LogP contribution in [0, 0.1) is 0 Å². The van der Waals surface area contributed by atoms with Crippen molar-refractivity contribution >= 4 is 21.6 Å². The number of carbonyl (C=O) groups is 1. The van der Waals surface area contributed by atoms with Crippen LogP contribution in [0.4, 0.5) is 5.69 Å². The summed E-state index contributed by atoms with van der Waals surface area (Å²) in [5.41, 5.74) is 0.783. The molecule has 0 spiro atoms. The summed E-state index contributed by atoms with van der Waals surface area (Å²) in [6, 6.07) is 6.86. The first-order valence-corrected chi connectivity index (χ1v) is 8.90. The highest BCUT2D eigenvalue weighted by Gasteiger charge is 2.36. The lowest BCUT2D eigenvalue weighted by atomic mass is 10.3. The van der Waals surface area contributed by atoms with Gasteiger partial charge in [0.05, 0.1) is 4.90 Å². The van der Waals surface area contributed by atoms with Crippen LogP contribution in [-0.2, 0) is 14.8 Å². The van der Waals surface area contributed by atoms with Crippen LogP contribution in [0.15, 0.2) is 29.2 Å². The molecule has 0 aromatic heterocycles. The first-order valence-electron chi connectivity index (χ1n) is 7.46. The molecule has 0 unspecified atom stereocenters. The Morgan fingerprint density at radius 2 is 1.90 bits per heavy atom. The van der Waals surface area contributed by atoms with E-state index in [0.717, 1.165) is 24.9 Å². The van der Waals surface area contributed by atoms with E-state index in [-0.39, 0.29) is 11.9 Å². The van der Waals surface area contributed by atoms with E-state index >= 15 is 0 Å². The van der Waals surface area contributed by atoms with Crippen molar-refractivity contribution < 1.29 is 13.2 Å². The van der Waals surface area contributed by atoms with Crippen LogP contribution in [0.2, 0.25) is 0 Å². The minimum atomic E-state index is -3.41. The Morgan fingerprint density at radius 3 is 2.38 bits per heavy atom. The molecule has 114 valence electrons. The largest absolute Gasteiger partial charge is 0.312 e. The van der Waals surface area contributed by atoms with Gasteiger partial charge in [-0.1, -0.05) is 6.92 Å². The molecule has 0 radical (unpaired) electrons. The van der Waals surface area contributed by atoms with Crippen LogP contribution < -0.4 is 4.90 Å². The van der Waals surface area contributed by atoms with Gasteiger partial charge in [0.15, 0.2) is 0 Å². The lowest BCUT2D eigenvalue weighted by Gasteiger charge is -2.21. The number of nitrogens with zero attached hydrogens (tertiary/aromatic N) is 2. The van der Waals surface area contributed by atoms with E-state index in [0.29, 0.717) is 24.4 Å². The quantitative estimate of drug-likeness (QED) is 0.836. The maximum Gasteiger partial charge on any atom is 0.243 e. The molecule has 3 rings (SSSR count). The second-order valence-electron chi connectivity index (χ2n) is 5.58. The van der Waals surface area contributed by atoms with Gasteiger partial charge in [-0.15, -0.1) is 0 Å². The summed E-state index contributed by atoms with van der Waals surface area (Å²) in [5, 5.41) is 0. The maximum absolute atomic E-state index is 12.6. The van der Waals surface area contributed by atoms with E-state index in [2.05, 4.69) is 0 Å². The normalized spacial score (nSPS) is 19.5. The highest BCUT2D eigenvalue weighted by Crippen LogP contribution is 2.32. The van der Waals surface area contributed by atoms with Crippen molar-refractivity contribution in [2.24, 2.45) is 0 Å². The molecule has 1 heterocycles. The van der Waals surface area contributed by atoms with Crippen molar-refractivity contribution in [2.45, 2.75) is 43.5 Å². The van der Waals surface area contributed by atoms with Crippen molar-refractivity contribution in [2.75, 3.05) is 18.0 Å². The zero-order chi connectivity index (χ0) is 15.0. The predicted octanol–water partition coefficient (Wildman–Crippen LogP) is 1.99. The summed E-state index contributed by atoms with van der Waals surface area (Å²) < 4.78 is 26.7. The Labute approximate surface area is 125 Å². The van der Waals surface area contributed by atoms with E-state index in [1.165, 1.54) is 0 Å². The molecule has 1 aromatic rings. The smallest absolute Gasteiger partial charge is 0.243 e. The molecule has 2 aliphatic rings. The number of rotatable bonds is 5. The van der Waals surface area contributed by atoms with Crippen molar-refractivity contribution in [1.29, 1.82) is 0 Å². The summed E-state index contributed by atoms with van der Waals surface area (Å²) >= 11 is 0. The Kier molecular flexibility index (Phi) is 3.75. The van der Waals surface area contributed by atoms with E-state index in [1.54, 1.807) is 33.5 Å². The van der Waals surface area contributed by atoms with Crippen molar-refractivity contribution in [3.63, 3.8) is 0 Å². The molecule has 0 N–H and O–H groups in total. The number of hydrogen-bond acceptors (Lipinski definition) is 3. The molecular weight excluding hydrogens is 288 g/mol. The number of sulfonamides is 1. The molecule has 1 amide bonds. The molecule has 0 bridgehead atoms. The van der Waals surface area contributed by atoms with Gasteiger partial charge in [0, 0.05) is 31.2 Å². The van der Waals surface area contributed by atoms with Crippen molar-refractivity contribution in [1.82, 2.24) is 4.31 Å². The molecule has 0 atom stereocenters. The van der Waals surface area contributed by atoms with Gasteiger partial charge in [0.25, 0.3) is 0 Å². The van der Waals surface area contributed by atoms with Gasteiger partial charge in [-0.25, -0.2) is 8.42 Å². The van der Waals surface area contributed by atoms with Gasteiger partial charge in [-0.05, 0) is 43.5 Å². The second-order valence-corrected chi connectivity index (χ2v) is 7.47. The fourth-order valence-corrected chi connectivity index (χ4v) is 4.54. The van der Waals surface area contributed by atoms with Crippen LogP contribution in [0.25, 0.3) is 0 Å². The van der Waals surface area contributed by atoms with Crippen LogP contribution in [0.1, 0.15) is 32.6 Å². The fourth-order valence-electron chi connectivity index (χ4n) is 2.84. The fraction of sp³-hybridized carbons (Fsp3) is 0.533. The third kappa shape index (κ3) is 2.70. The van der Waals surface area contributed by atoms with Crippen molar-refractivity contribution in [3.05, 3.63) is 24.3 Å². The second kappa shape index (κ2) is 5.42. The highest BCUT2D eigenvalue weighted by atomic mass is 32.2. The van der Waals surface area contributed by atoms with Crippen LogP contribution in [0.3, 0.4) is 0 Å². The van der Waals surface area contributed by atoms with Crippen LogP contribution >= 0.6 is 0 Å². The van der Waals surface area contributed by atoms with Gasteiger partial charge in [0.1, 0.15) is 0 Å². The minimum absolute atomic E-state index is 0.110. The number of hydrogen-bond donors (Lipinski definition) is 0. The summed E-state index contributed by atoms with van der Waals surface area (Å²) in [4.78, 5) is 13.7. The van der Waals surface area contributed by atoms with Gasteiger partial charge in [-0.2, -0.15) is 4.31 Å². The zero-order valence-corrected chi connectivity index (χ0v) is 13.0. The number of amides is 1. The molecule has 1 saturated carbocycles. The standard InChI is InChI=1S/C15H20N2O3S/c1-2-17(13-5-6-13)21(19,20)14-9-7-12(8-10-14)16-11-3-4-15(16)18/h7-10,13H,2-6,11H2,1H3. The van der Waals surface area contributed by atoms with Crippen LogP contribution in [-0.4, -0.2) is 37.8 Å². The summed E-state index contributed by atoms with van der Waals surface area (Å²) in [6.45, 7) is 3.08. The molecule has 1 aliphatic heterocycles. The lowest BCUT2D eigenvalue weighted by Crippen LogP contribution is -2.33. The van der Waals surface area contributed by atoms with Gasteiger partial charge >= 0.3 is 0 Å². The minimum Gasteiger partial charge on any atom is -0.312 e. The molecule has 2 fully saturated rings. The average molecular weight is 308 g/mol. The summed E-state index contributed by atoms with van der Waals surface area (Å²) in [7, 11) is -3.41. The Hall–Kier alpha value is -1.40. The molecule has 21 heavy (non-hydrogen) atoms. The van der Waals surface area contributed by atoms with Crippen LogP contribution in [0.5, 0.6) is 0 Å². The van der Waals surface area contributed by atoms with Gasteiger partial charge in [-0.3, -0.25) is 4.79 Å². The number of benzene rings is 1. The molecule has 1 saturated heterocycles. The summed E-state index contributed by atoms with van der Waals surface area (Å²) in [6.07, 6.45) is 3.34. The predicted molar refractivity (Wildman–Crippen MR) is 80.6 cm³/mol. The third-order valence-electron chi connectivity index (χ3n) is 4.09. The number of anilines is 1. The average Bonchev–Trinajstić information content (AvgIpc) is 3.20. The maximum atomic E-state index is 12.6. The van der Waals surface area contributed by atoms with E-state index in [1.807, 2.05) is 6.92 Å². The highest BCUT2D eigenvalue weighted by molar-refractivity contribution is 7.89. The molecule has 5 nitrogen and oxygen atoms in total. The van der Waals surface area contributed by atoms with E-state index < -0.39 is 10.0 Å². The van der Waals surface area contributed by atoms with E-state index in [4.69, 9.17) is 0 Å². The molecular formula is C15H20N2O3S. The Bertz CT molecular complexity index is 635. The Morgan fingerprint density at radius 1 is 1.24 bits per heavy atom. The topological polar surface area (TPSA) is 57.7 Å². The molecule has 1 aromatic carbocycles.